The molecule has 0 aliphatic carbocycles. The van der Waals surface area contributed by atoms with Gasteiger partial charge < -0.3 is 14.6 Å². The quantitative estimate of drug-likeness (QED) is 0.307. The van der Waals surface area contributed by atoms with Crippen LogP contribution in [0.4, 0.5) is 0 Å². The van der Waals surface area contributed by atoms with Crippen LogP contribution >= 0.6 is 0 Å². The summed E-state index contributed by atoms with van der Waals surface area (Å²) >= 11 is 0. The van der Waals surface area contributed by atoms with Gasteiger partial charge in [-0.2, -0.15) is 0 Å². The normalized spacial score (nSPS) is 11.9. The largest absolute Gasteiger partial charge is 0.492 e. The lowest BCUT2D eigenvalue weighted by atomic mass is 9.99. The summed E-state index contributed by atoms with van der Waals surface area (Å²) < 4.78 is 8.17. The third kappa shape index (κ3) is 6.04. The Morgan fingerprint density at radius 3 is 2.50 bits per heavy atom. The molecule has 176 valence electrons. The van der Waals surface area contributed by atoms with E-state index in [4.69, 9.17) is 9.72 Å². The lowest BCUT2D eigenvalue weighted by Gasteiger charge is -2.13. The number of nitrogens with one attached hydrogen (secondary N) is 1. The number of nitrogens with zero attached hydrogens (tertiary/aromatic N) is 2. The molecule has 1 unspecified atom stereocenters. The molecule has 0 aliphatic heterocycles. The summed E-state index contributed by atoms with van der Waals surface area (Å²) in [5.74, 6) is 2.29. The van der Waals surface area contributed by atoms with E-state index in [-0.39, 0.29) is 5.91 Å². The van der Waals surface area contributed by atoms with Crippen molar-refractivity contribution in [3.05, 3.63) is 95.8 Å². The van der Waals surface area contributed by atoms with Crippen LogP contribution in [0.1, 0.15) is 49.6 Å². The van der Waals surface area contributed by atoms with Crippen molar-refractivity contribution in [2.24, 2.45) is 0 Å². The molecule has 5 heteroatoms. The zero-order chi connectivity index (χ0) is 23.8. The van der Waals surface area contributed by atoms with Crippen molar-refractivity contribution in [1.29, 1.82) is 0 Å². The van der Waals surface area contributed by atoms with E-state index in [1.165, 1.54) is 11.1 Å². The molecule has 5 nitrogen and oxygen atoms in total. The van der Waals surface area contributed by atoms with Gasteiger partial charge in [0.2, 0.25) is 5.91 Å². The van der Waals surface area contributed by atoms with Crippen LogP contribution in [-0.2, 0) is 24.3 Å². The molecule has 1 atom stereocenters. The molecule has 0 aliphatic rings. The number of rotatable bonds is 11. The molecule has 1 aromatic heterocycles. The molecule has 1 amide bonds. The molecule has 0 bridgehead atoms. The molecule has 3 aromatic carbocycles. The van der Waals surface area contributed by atoms with Crippen molar-refractivity contribution < 1.29 is 9.53 Å². The Morgan fingerprint density at radius 2 is 1.74 bits per heavy atom. The summed E-state index contributed by atoms with van der Waals surface area (Å²) in [6.45, 7) is 6.02. The lowest BCUT2D eigenvalue weighted by Crippen LogP contribution is -2.25. The molecular formula is C29H33N3O2. The second kappa shape index (κ2) is 11.5. The molecule has 1 heterocycles. The van der Waals surface area contributed by atoms with Crippen LogP contribution in [0.15, 0.2) is 78.9 Å². The van der Waals surface area contributed by atoms with Crippen LogP contribution in [0.2, 0.25) is 0 Å². The lowest BCUT2D eigenvalue weighted by molar-refractivity contribution is -0.121. The molecule has 0 fully saturated rings. The number of fused-ring (bicyclic) bond motifs is 1. The van der Waals surface area contributed by atoms with Gasteiger partial charge in [-0.15, -0.1) is 0 Å². The van der Waals surface area contributed by atoms with Crippen molar-refractivity contribution in [3.8, 4) is 5.75 Å². The Hall–Kier alpha value is -3.60. The minimum atomic E-state index is 0.0279. The molecule has 0 spiro atoms. The number of para-hydroxylation sites is 2. The predicted molar refractivity (Wildman–Crippen MR) is 137 cm³/mol. The molecule has 34 heavy (non-hydrogen) atoms. The van der Waals surface area contributed by atoms with Crippen LogP contribution in [0.5, 0.6) is 5.75 Å². The first kappa shape index (κ1) is 23.6. The number of aryl methyl sites for hydroxylation is 1. The van der Waals surface area contributed by atoms with Gasteiger partial charge in [0.25, 0.3) is 0 Å². The Morgan fingerprint density at radius 1 is 1.00 bits per heavy atom. The van der Waals surface area contributed by atoms with E-state index < -0.39 is 0 Å². The van der Waals surface area contributed by atoms with Crippen LogP contribution in [0.3, 0.4) is 0 Å². The highest BCUT2D eigenvalue weighted by Gasteiger charge is 2.12. The van der Waals surface area contributed by atoms with E-state index in [0.29, 0.717) is 32.0 Å². The topological polar surface area (TPSA) is 56.1 Å². The van der Waals surface area contributed by atoms with Crippen molar-refractivity contribution in [2.75, 3.05) is 6.61 Å². The number of imidazole rings is 1. The van der Waals surface area contributed by atoms with E-state index in [2.05, 4.69) is 41.9 Å². The number of hydrogen-bond donors (Lipinski definition) is 1. The van der Waals surface area contributed by atoms with E-state index >= 15 is 0 Å². The second-order valence-electron chi connectivity index (χ2n) is 8.66. The number of carbonyl (C=O) groups is 1. The maximum absolute atomic E-state index is 12.4. The Labute approximate surface area is 201 Å². The first-order valence-electron chi connectivity index (χ1n) is 12.1. The van der Waals surface area contributed by atoms with Gasteiger partial charge >= 0.3 is 0 Å². The average molecular weight is 456 g/mol. The predicted octanol–water partition coefficient (Wildman–Crippen LogP) is 5.88. The summed E-state index contributed by atoms with van der Waals surface area (Å²) in [7, 11) is 0. The van der Waals surface area contributed by atoms with Gasteiger partial charge in [0.15, 0.2) is 0 Å². The molecular weight excluding hydrogens is 422 g/mol. The van der Waals surface area contributed by atoms with Gasteiger partial charge in [0.1, 0.15) is 18.2 Å². The fourth-order valence-corrected chi connectivity index (χ4v) is 4.06. The molecule has 1 N–H and O–H groups in total. The summed E-state index contributed by atoms with van der Waals surface area (Å²) in [6.07, 6.45) is 2.31. The maximum atomic E-state index is 12.4. The third-order valence-electron chi connectivity index (χ3n) is 6.31. The smallest absolute Gasteiger partial charge is 0.220 e. The van der Waals surface area contributed by atoms with E-state index in [1.807, 2.05) is 60.7 Å². The zero-order valence-electron chi connectivity index (χ0n) is 20.0. The van der Waals surface area contributed by atoms with Gasteiger partial charge in [-0.05, 0) is 54.2 Å². The number of amides is 1. The van der Waals surface area contributed by atoms with Gasteiger partial charge in [-0.3, -0.25) is 4.79 Å². The van der Waals surface area contributed by atoms with E-state index in [9.17, 15) is 4.79 Å². The molecule has 0 radical (unpaired) electrons. The van der Waals surface area contributed by atoms with Crippen molar-refractivity contribution in [2.45, 2.75) is 52.1 Å². The van der Waals surface area contributed by atoms with E-state index in [1.54, 1.807) is 0 Å². The van der Waals surface area contributed by atoms with Gasteiger partial charge in [-0.25, -0.2) is 4.98 Å². The van der Waals surface area contributed by atoms with Crippen LogP contribution in [-0.4, -0.2) is 22.1 Å². The average Bonchev–Trinajstić information content (AvgIpc) is 3.24. The van der Waals surface area contributed by atoms with Crippen molar-refractivity contribution in [3.63, 3.8) is 0 Å². The number of ether oxygens (including phenoxy) is 1. The number of hydrogen-bond acceptors (Lipinski definition) is 3. The van der Waals surface area contributed by atoms with Gasteiger partial charge in [0, 0.05) is 6.42 Å². The molecule has 4 rings (SSSR count). The summed E-state index contributed by atoms with van der Waals surface area (Å²) in [6, 6.07) is 26.5. The van der Waals surface area contributed by atoms with Crippen LogP contribution < -0.4 is 10.1 Å². The fourth-order valence-electron chi connectivity index (χ4n) is 4.06. The monoisotopic (exact) mass is 455 g/mol. The molecule has 0 saturated heterocycles. The molecule has 4 aromatic rings. The zero-order valence-corrected chi connectivity index (χ0v) is 20.0. The Balaban J connectivity index is 1.36. The fraction of sp³-hybridized carbons (Fsp3) is 0.310. The van der Waals surface area contributed by atoms with Gasteiger partial charge in [-0.1, -0.05) is 68.4 Å². The summed E-state index contributed by atoms with van der Waals surface area (Å²) in [5.41, 5.74) is 4.47. The Kier molecular flexibility index (Phi) is 7.97. The second-order valence-corrected chi connectivity index (χ2v) is 8.66. The highest BCUT2D eigenvalue weighted by Crippen LogP contribution is 2.22. The van der Waals surface area contributed by atoms with Crippen molar-refractivity contribution >= 4 is 16.9 Å². The minimum absolute atomic E-state index is 0.0279. The Bertz CT molecular complexity index is 1200. The van der Waals surface area contributed by atoms with Gasteiger partial charge in [0.05, 0.1) is 24.1 Å². The summed E-state index contributed by atoms with van der Waals surface area (Å²) in [4.78, 5) is 17.2. The number of aromatic nitrogens is 2. The van der Waals surface area contributed by atoms with E-state index in [0.717, 1.165) is 35.4 Å². The highest BCUT2D eigenvalue weighted by molar-refractivity contribution is 5.77. The SMILES string of the molecule is CCC(C)c1ccc(OCCn2c(CNC(=O)CCc3ccccc3)nc3ccccc32)cc1. The van der Waals surface area contributed by atoms with Crippen LogP contribution in [0, 0.1) is 0 Å². The van der Waals surface area contributed by atoms with Crippen molar-refractivity contribution in [1.82, 2.24) is 14.9 Å². The first-order chi connectivity index (χ1) is 16.6. The highest BCUT2D eigenvalue weighted by atomic mass is 16.5. The number of carbonyl (C=O) groups excluding carboxylic acids is 1. The summed E-state index contributed by atoms with van der Waals surface area (Å²) in [5, 5.41) is 3.04. The molecule has 0 saturated carbocycles. The standard InChI is InChI=1S/C29H33N3O2/c1-3-22(2)24-14-16-25(17-15-24)34-20-19-32-27-12-8-7-11-26(27)31-28(32)21-30-29(33)18-13-23-9-5-4-6-10-23/h4-12,14-17,22H,3,13,18-21H2,1-2H3,(H,30,33). The maximum Gasteiger partial charge on any atom is 0.220 e. The third-order valence-corrected chi connectivity index (χ3v) is 6.31. The minimum Gasteiger partial charge on any atom is -0.492 e. The number of benzene rings is 3. The van der Waals surface area contributed by atoms with Crippen LogP contribution in [0.25, 0.3) is 11.0 Å². The first-order valence-corrected chi connectivity index (χ1v) is 12.1.